The Balaban J connectivity index is 3.83. The van der Waals surface area contributed by atoms with Crippen molar-refractivity contribution in [1.82, 2.24) is 63.4 Å². The van der Waals surface area contributed by atoms with Gasteiger partial charge in [0, 0.05) is 38.1 Å². The third-order valence-corrected chi connectivity index (χ3v) is 18.3. The van der Waals surface area contributed by atoms with Crippen molar-refractivity contribution >= 4 is 113 Å². The number of rotatable bonds is 56. The van der Waals surface area contributed by atoms with Crippen LogP contribution in [0.4, 0.5) is 0 Å². The summed E-state index contributed by atoms with van der Waals surface area (Å²) in [6, 6.07) is -16.9. The van der Waals surface area contributed by atoms with Crippen LogP contribution in [-0.2, 0) is 97.5 Å². The first-order valence-electron chi connectivity index (χ1n) is 37.9. The molecule has 0 aliphatic heterocycles. The van der Waals surface area contributed by atoms with E-state index >= 15 is 4.79 Å². The molecule has 652 valence electrons. The highest BCUT2D eigenvalue weighted by Crippen LogP contribution is 2.21. The predicted octanol–water partition coefficient (Wildman–Crippen LogP) is -5.96. The fraction of sp³-hybridized carbons (Fsp3) is 0.658. The van der Waals surface area contributed by atoms with Crippen molar-refractivity contribution in [3.05, 3.63) is 35.9 Å². The molecule has 0 saturated carbocycles. The summed E-state index contributed by atoms with van der Waals surface area (Å²) < 4.78 is 0. The molecule has 0 spiro atoms. The molecule has 0 saturated heterocycles. The van der Waals surface area contributed by atoms with Crippen molar-refractivity contribution in [3.8, 4) is 0 Å². The molecular formula is C73H118N16O27. The lowest BCUT2D eigenvalue weighted by atomic mass is 9.95. The van der Waals surface area contributed by atoms with Crippen LogP contribution < -0.4 is 81.4 Å². The molecule has 0 bridgehead atoms. The Labute approximate surface area is 669 Å². The van der Waals surface area contributed by atoms with Gasteiger partial charge in [0.25, 0.3) is 5.91 Å². The minimum atomic E-state index is -2.26. The van der Waals surface area contributed by atoms with E-state index in [4.69, 9.17) is 22.9 Å². The lowest BCUT2D eigenvalue weighted by Crippen LogP contribution is -2.64. The molecule has 43 heteroatoms. The number of carbonyl (C=O) groups is 19. The van der Waals surface area contributed by atoms with Gasteiger partial charge in [-0.2, -0.15) is 0 Å². The smallest absolute Gasteiger partial charge is 0.326 e. The zero-order chi connectivity index (χ0) is 88.7. The van der Waals surface area contributed by atoms with Crippen molar-refractivity contribution in [2.45, 2.75) is 269 Å². The molecule has 17 atom stereocenters. The SMILES string of the molecule is CCC(C)C(NC(=O)C(CCC(=O)O)NC(=O)C(CCC(=O)O)NC(=O)C(NC(=O)C(N)CCCCN)C(C)O)C(=O)NC(CO)C(=O)NC(CCC(=O)O)C(=O)NC(C(=O)NC(CC(N)=O)C(=O)N(C(=O)CC(O)C(N)CC(C)C)C(C(=O)NC(C)C(=O)NC(CCC(=O)O)C(=O)NC(Cc1ccccc1)C(=O)O)C(C)C)C(C)C. The van der Waals surface area contributed by atoms with Crippen LogP contribution in [0.25, 0.3) is 0 Å². The van der Waals surface area contributed by atoms with E-state index in [1.54, 1.807) is 51.1 Å². The van der Waals surface area contributed by atoms with E-state index in [0.717, 1.165) is 13.8 Å². The summed E-state index contributed by atoms with van der Waals surface area (Å²) in [5.74, 6) is -28.6. The second kappa shape index (κ2) is 51.8. The van der Waals surface area contributed by atoms with Crippen LogP contribution in [0.2, 0.25) is 0 Å². The summed E-state index contributed by atoms with van der Waals surface area (Å²) in [6.07, 6.45) is -10.6. The zero-order valence-corrected chi connectivity index (χ0v) is 66.8. The van der Waals surface area contributed by atoms with Gasteiger partial charge >= 0.3 is 29.8 Å². The third-order valence-electron chi connectivity index (χ3n) is 18.3. The van der Waals surface area contributed by atoms with E-state index in [0.29, 0.717) is 24.9 Å². The highest BCUT2D eigenvalue weighted by atomic mass is 16.4. The first-order valence-corrected chi connectivity index (χ1v) is 37.9. The molecule has 0 heterocycles. The average molecular weight is 1650 g/mol. The Morgan fingerprint density at radius 1 is 0.440 bits per heavy atom. The lowest BCUT2D eigenvalue weighted by molar-refractivity contribution is -0.157. The maximum absolute atomic E-state index is 15.2. The Bertz CT molecular complexity index is 3550. The number of carbonyl (C=O) groups excluding carboxylic acids is 14. The Kier molecular flexibility index (Phi) is 46.1. The molecule has 0 aromatic heterocycles. The second-order valence-corrected chi connectivity index (χ2v) is 29.3. The molecule has 116 heavy (non-hydrogen) atoms. The van der Waals surface area contributed by atoms with Gasteiger partial charge in [-0.3, -0.25) is 91.2 Å². The fourth-order valence-electron chi connectivity index (χ4n) is 11.5. The maximum Gasteiger partial charge on any atom is 0.326 e. The standard InChI is InChI=1S/C73H118N16O27/c1-11-37(8)58(87-66(108)46(23-27-56(101)102)80-63(105)44(21-25-54(97)98)82-70(112)59(39(10)91)88-62(104)41(75)19-15-16-28-74)69(111)85-49(33-90)67(109)81-45(22-26-55(99)100)65(107)86-57(35(4)5)68(110)83-47(31-51(77)93)72(114)89(52(94)32-50(92)42(76)29-34(2)3)60(36(6)7)71(113)78-38(9)61(103)79-43(20-24-53(95)96)64(106)84-48(73(115)116)30-40-17-13-12-14-18-40/h12-14,17-18,34-39,41-50,57-60,90-92H,11,15-16,19-33,74-76H2,1-10H3,(H2,77,93)(H,78,113)(H,79,103)(H,80,105)(H,81,109)(H,82,112)(H,83,110)(H,84,106)(H,85,111)(H,86,107)(H,87,108)(H,88,104)(H,95,96)(H,97,98)(H,99,100)(H,101,102)(H,115,116). The number of nitrogens with two attached hydrogens (primary N) is 4. The molecule has 17 unspecified atom stereocenters. The second-order valence-electron chi connectivity index (χ2n) is 29.3. The fourth-order valence-corrected chi connectivity index (χ4v) is 11.5. The zero-order valence-electron chi connectivity index (χ0n) is 66.8. The molecule has 1 rings (SSSR count). The van der Waals surface area contributed by atoms with Crippen LogP contribution in [0.1, 0.15) is 171 Å². The van der Waals surface area contributed by atoms with Gasteiger partial charge in [-0.15, -0.1) is 0 Å². The number of aliphatic carboxylic acids is 5. The summed E-state index contributed by atoms with van der Waals surface area (Å²) in [6.45, 7) is 12.9. The van der Waals surface area contributed by atoms with E-state index in [2.05, 4.69) is 58.5 Å². The Hall–Kier alpha value is -10.9. The van der Waals surface area contributed by atoms with Crippen LogP contribution in [0.5, 0.6) is 0 Å². The molecule has 0 fully saturated rings. The quantitative estimate of drug-likeness (QED) is 0.0270. The normalized spacial score (nSPS) is 15.7. The number of aliphatic hydroxyl groups excluding tert-OH is 3. The summed E-state index contributed by atoms with van der Waals surface area (Å²) in [5, 5.41) is 106. The van der Waals surface area contributed by atoms with Crippen molar-refractivity contribution in [3.63, 3.8) is 0 Å². The molecule has 27 N–H and O–H groups in total. The molecule has 43 nitrogen and oxygen atoms in total. The van der Waals surface area contributed by atoms with Crippen LogP contribution >= 0.6 is 0 Å². The summed E-state index contributed by atoms with van der Waals surface area (Å²) in [7, 11) is 0. The predicted molar refractivity (Wildman–Crippen MR) is 408 cm³/mol. The molecule has 0 aliphatic rings. The first kappa shape index (κ1) is 103. The number of aliphatic hydroxyl groups is 3. The number of hydrogen-bond donors (Lipinski definition) is 23. The van der Waals surface area contributed by atoms with E-state index in [1.165, 1.54) is 34.6 Å². The maximum atomic E-state index is 15.2. The van der Waals surface area contributed by atoms with Crippen molar-refractivity contribution in [2.24, 2.45) is 46.6 Å². The third kappa shape index (κ3) is 37.2. The van der Waals surface area contributed by atoms with Gasteiger partial charge in [0.1, 0.15) is 72.5 Å². The number of hydrogen-bond acceptors (Lipinski definition) is 25. The van der Waals surface area contributed by atoms with Gasteiger partial charge in [0.2, 0.25) is 76.8 Å². The first-order chi connectivity index (χ1) is 54.1. The van der Waals surface area contributed by atoms with Crippen molar-refractivity contribution in [1.29, 1.82) is 0 Å². The monoisotopic (exact) mass is 1650 g/mol. The van der Waals surface area contributed by atoms with E-state index in [-0.39, 0.29) is 36.5 Å². The van der Waals surface area contributed by atoms with Gasteiger partial charge in [0.15, 0.2) is 0 Å². The topological polar surface area (TPSA) is 726 Å². The van der Waals surface area contributed by atoms with E-state index in [1.807, 2.05) is 0 Å². The van der Waals surface area contributed by atoms with Crippen LogP contribution in [0.3, 0.4) is 0 Å². The Morgan fingerprint density at radius 3 is 1.26 bits per heavy atom. The van der Waals surface area contributed by atoms with Crippen LogP contribution in [0, 0.1) is 23.7 Å². The number of amides is 14. The van der Waals surface area contributed by atoms with Crippen LogP contribution in [0.15, 0.2) is 30.3 Å². The number of benzene rings is 1. The van der Waals surface area contributed by atoms with Crippen molar-refractivity contribution < 1.29 is 132 Å². The largest absolute Gasteiger partial charge is 0.481 e. The van der Waals surface area contributed by atoms with Crippen LogP contribution in [-0.4, -0.2) is 268 Å². The summed E-state index contributed by atoms with van der Waals surface area (Å²) in [5.41, 5.74) is 23.8. The average Bonchev–Trinajstić information content (AvgIpc) is 0.807. The number of primary amides is 1. The summed E-state index contributed by atoms with van der Waals surface area (Å²) in [4.78, 5) is 257. The minimum absolute atomic E-state index is 0.0533. The number of nitrogens with one attached hydrogen (secondary N) is 11. The number of imide groups is 1. The highest BCUT2D eigenvalue weighted by molar-refractivity contribution is 6.06. The van der Waals surface area contributed by atoms with E-state index in [9.17, 15) is 127 Å². The van der Waals surface area contributed by atoms with Gasteiger partial charge < -0.3 is 122 Å². The molecular weight excluding hydrogens is 1530 g/mol. The van der Waals surface area contributed by atoms with Gasteiger partial charge in [0.05, 0.1) is 37.7 Å². The molecule has 1 aromatic carbocycles. The number of unbranched alkanes of at least 4 members (excludes halogenated alkanes) is 1. The van der Waals surface area contributed by atoms with Crippen molar-refractivity contribution in [2.75, 3.05) is 13.2 Å². The number of carboxylic acid groups (broad SMARTS) is 5. The van der Waals surface area contributed by atoms with Gasteiger partial charge in [-0.25, -0.2) is 4.79 Å². The molecule has 0 radical (unpaired) electrons. The number of nitrogens with zero attached hydrogens (tertiary/aromatic N) is 1. The highest BCUT2D eigenvalue weighted by Gasteiger charge is 2.45. The minimum Gasteiger partial charge on any atom is -0.481 e. The van der Waals surface area contributed by atoms with E-state index < -0.39 is 298 Å². The van der Waals surface area contributed by atoms with Gasteiger partial charge in [-0.05, 0) is 94.6 Å². The Morgan fingerprint density at radius 2 is 0.845 bits per heavy atom. The molecule has 14 amide bonds. The number of carboxylic acids is 5. The molecule has 1 aromatic rings. The summed E-state index contributed by atoms with van der Waals surface area (Å²) >= 11 is 0. The molecule has 0 aliphatic carbocycles. The van der Waals surface area contributed by atoms with Gasteiger partial charge in [-0.1, -0.05) is 98.6 Å². The lowest BCUT2D eigenvalue weighted by Gasteiger charge is -2.36.